The lowest BCUT2D eigenvalue weighted by molar-refractivity contribution is 0.0933. The van der Waals surface area contributed by atoms with Gasteiger partial charge in [-0.25, -0.2) is 0 Å². The molecule has 1 heterocycles. The Balaban J connectivity index is 2.00. The Kier molecular flexibility index (Phi) is 4.94. The van der Waals surface area contributed by atoms with Gasteiger partial charge in [0.25, 0.3) is 5.91 Å². The van der Waals surface area contributed by atoms with Crippen LogP contribution in [-0.4, -0.2) is 23.5 Å². The number of rotatable bonds is 3. The average Bonchev–Trinajstić information content (AvgIpc) is 2.76. The summed E-state index contributed by atoms with van der Waals surface area (Å²) in [7, 11) is 0. The molecular formula is C12H16BrNOS2. The molecule has 2 atom stereocenters. The molecule has 0 aromatic carbocycles. The van der Waals surface area contributed by atoms with Crippen molar-refractivity contribution in [1.29, 1.82) is 0 Å². The predicted molar refractivity (Wildman–Crippen MR) is 79.0 cm³/mol. The maximum Gasteiger partial charge on any atom is 0.262 e. The summed E-state index contributed by atoms with van der Waals surface area (Å²) in [6.45, 7) is 0. The molecule has 94 valence electrons. The molecule has 0 spiro atoms. The highest BCUT2D eigenvalue weighted by Gasteiger charge is 2.26. The van der Waals surface area contributed by atoms with Gasteiger partial charge in [-0.3, -0.25) is 4.79 Å². The molecule has 1 fully saturated rings. The van der Waals surface area contributed by atoms with E-state index in [1.165, 1.54) is 30.6 Å². The van der Waals surface area contributed by atoms with Crippen LogP contribution in [0.5, 0.6) is 0 Å². The van der Waals surface area contributed by atoms with Crippen molar-refractivity contribution in [3.8, 4) is 0 Å². The van der Waals surface area contributed by atoms with Crippen molar-refractivity contribution in [3.05, 3.63) is 20.8 Å². The van der Waals surface area contributed by atoms with E-state index in [0.29, 0.717) is 11.3 Å². The van der Waals surface area contributed by atoms with Gasteiger partial charge in [0.15, 0.2) is 0 Å². The van der Waals surface area contributed by atoms with Crippen LogP contribution in [0.1, 0.15) is 35.4 Å². The normalized spacial score (nSPS) is 24.6. The quantitative estimate of drug-likeness (QED) is 0.908. The zero-order valence-corrected chi connectivity index (χ0v) is 13.0. The van der Waals surface area contributed by atoms with Crippen molar-refractivity contribution >= 4 is 44.9 Å². The van der Waals surface area contributed by atoms with E-state index < -0.39 is 0 Å². The van der Waals surface area contributed by atoms with Gasteiger partial charge in [0, 0.05) is 15.8 Å². The largest absolute Gasteiger partial charge is 0.347 e. The Morgan fingerprint density at radius 2 is 2.29 bits per heavy atom. The first-order valence-corrected chi connectivity index (χ1v) is 8.75. The Morgan fingerprint density at radius 3 is 2.94 bits per heavy atom. The van der Waals surface area contributed by atoms with Crippen LogP contribution in [0.25, 0.3) is 0 Å². The van der Waals surface area contributed by atoms with Gasteiger partial charge in [0.2, 0.25) is 0 Å². The molecule has 0 aliphatic heterocycles. The smallest absolute Gasteiger partial charge is 0.262 e. The summed E-state index contributed by atoms with van der Waals surface area (Å²) < 4.78 is 0.900. The lowest BCUT2D eigenvalue weighted by Gasteiger charge is -2.30. The summed E-state index contributed by atoms with van der Waals surface area (Å²) >= 11 is 6.77. The van der Waals surface area contributed by atoms with E-state index in [-0.39, 0.29) is 5.91 Å². The molecule has 1 aromatic rings. The third-order valence-corrected chi connectivity index (χ3v) is 6.15. The van der Waals surface area contributed by atoms with Crippen molar-refractivity contribution < 1.29 is 4.79 Å². The van der Waals surface area contributed by atoms with Crippen LogP contribution in [0.15, 0.2) is 15.9 Å². The Bertz CT molecular complexity index is 394. The van der Waals surface area contributed by atoms with E-state index in [9.17, 15) is 4.79 Å². The minimum absolute atomic E-state index is 0.0674. The van der Waals surface area contributed by atoms with E-state index in [1.54, 1.807) is 0 Å². The van der Waals surface area contributed by atoms with Crippen molar-refractivity contribution in [1.82, 2.24) is 5.32 Å². The molecule has 2 rings (SSSR count). The summed E-state index contributed by atoms with van der Waals surface area (Å²) in [5.41, 5.74) is 0. The van der Waals surface area contributed by atoms with Gasteiger partial charge >= 0.3 is 0 Å². The molecule has 0 bridgehead atoms. The fourth-order valence-corrected chi connectivity index (χ4v) is 4.62. The number of thioether (sulfide) groups is 1. The number of carbonyl (C=O) groups excluding carboxylic acids is 1. The van der Waals surface area contributed by atoms with Crippen LogP contribution < -0.4 is 5.32 Å². The van der Waals surface area contributed by atoms with Gasteiger partial charge in [0.1, 0.15) is 4.88 Å². The van der Waals surface area contributed by atoms with Crippen LogP contribution in [0.2, 0.25) is 0 Å². The SMILES string of the molecule is CS[C@H]1CCCC[C@H]1NC(=O)c1sccc1Br. The monoisotopic (exact) mass is 333 g/mol. The van der Waals surface area contributed by atoms with Crippen LogP contribution >= 0.6 is 39.0 Å². The molecular weight excluding hydrogens is 318 g/mol. The van der Waals surface area contributed by atoms with Gasteiger partial charge in [-0.15, -0.1) is 11.3 Å². The average molecular weight is 334 g/mol. The van der Waals surface area contributed by atoms with Gasteiger partial charge in [-0.05, 0) is 46.5 Å². The first-order valence-electron chi connectivity index (χ1n) is 5.79. The minimum atomic E-state index is 0.0674. The summed E-state index contributed by atoms with van der Waals surface area (Å²) in [6.07, 6.45) is 6.99. The molecule has 1 aliphatic carbocycles. The van der Waals surface area contributed by atoms with Crippen LogP contribution in [0.4, 0.5) is 0 Å². The molecule has 17 heavy (non-hydrogen) atoms. The summed E-state index contributed by atoms with van der Waals surface area (Å²) in [5, 5.41) is 5.70. The molecule has 2 nitrogen and oxygen atoms in total. The zero-order chi connectivity index (χ0) is 12.3. The first kappa shape index (κ1) is 13.4. The molecule has 1 aromatic heterocycles. The molecule has 5 heteroatoms. The Labute approximate surface area is 119 Å². The van der Waals surface area contributed by atoms with E-state index in [1.807, 2.05) is 23.2 Å². The topological polar surface area (TPSA) is 29.1 Å². The van der Waals surface area contributed by atoms with Crippen LogP contribution in [0, 0.1) is 0 Å². The highest BCUT2D eigenvalue weighted by molar-refractivity contribution is 9.10. The molecule has 0 unspecified atom stereocenters. The molecule has 0 radical (unpaired) electrons. The fourth-order valence-electron chi connectivity index (χ4n) is 2.23. The number of hydrogen-bond donors (Lipinski definition) is 1. The van der Waals surface area contributed by atoms with Crippen molar-refractivity contribution in [2.75, 3.05) is 6.26 Å². The highest BCUT2D eigenvalue weighted by Crippen LogP contribution is 2.28. The van der Waals surface area contributed by atoms with Gasteiger partial charge in [0.05, 0.1) is 0 Å². The molecule has 1 N–H and O–H groups in total. The lowest BCUT2D eigenvalue weighted by atomic mass is 9.95. The third-order valence-electron chi connectivity index (χ3n) is 3.15. The van der Waals surface area contributed by atoms with E-state index >= 15 is 0 Å². The summed E-state index contributed by atoms with van der Waals surface area (Å²) in [5.74, 6) is 0.0674. The standard InChI is InChI=1S/C12H16BrNOS2/c1-16-10-5-3-2-4-9(10)14-12(15)11-8(13)6-7-17-11/h6-7,9-10H,2-5H2,1H3,(H,14,15)/t9-,10+/m1/s1. The summed E-state index contributed by atoms with van der Waals surface area (Å²) in [4.78, 5) is 12.9. The van der Waals surface area contributed by atoms with Crippen LogP contribution in [-0.2, 0) is 0 Å². The fraction of sp³-hybridized carbons (Fsp3) is 0.583. The number of amides is 1. The van der Waals surface area contributed by atoms with Gasteiger partial charge in [-0.2, -0.15) is 11.8 Å². The Morgan fingerprint density at radius 1 is 1.53 bits per heavy atom. The second kappa shape index (κ2) is 6.25. The van der Waals surface area contributed by atoms with E-state index in [2.05, 4.69) is 27.5 Å². The van der Waals surface area contributed by atoms with E-state index in [0.717, 1.165) is 15.8 Å². The number of halogens is 1. The maximum absolute atomic E-state index is 12.1. The van der Waals surface area contributed by atoms with Crippen molar-refractivity contribution in [2.24, 2.45) is 0 Å². The lowest BCUT2D eigenvalue weighted by Crippen LogP contribution is -2.43. The van der Waals surface area contributed by atoms with Gasteiger partial charge in [-0.1, -0.05) is 12.8 Å². The molecule has 1 saturated carbocycles. The first-order chi connectivity index (χ1) is 8.22. The number of nitrogens with one attached hydrogen (secondary N) is 1. The second-order valence-corrected chi connectivity index (χ2v) is 7.08. The second-order valence-electron chi connectivity index (χ2n) is 4.24. The molecule has 1 aliphatic rings. The number of hydrogen-bond acceptors (Lipinski definition) is 3. The Hall–Kier alpha value is -0.000000000000000111. The van der Waals surface area contributed by atoms with Crippen molar-refractivity contribution in [2.45, 2.75) is 37.0 Å². The van der Waals surface area contributed by atoms with Gasteiger partial charge < -0.3 is 5.32 Å². The van der Waals surface area contributed by atoms with Crippen LogP contribution in [0.3, 0.4) is 0 Å². The highest BCUT2D eigenvalue weighted by atomic mass is 79.9. The predicted octanol–water partition coefficient (Wildman–Crippen LogP) is 3.91. The number of thiophene rings is 1. The molecule has 1 amide bonds. The molecule has 0 saturated heterocycles. The zero-order valence-electron chi connectivity index (χ0n) is 9.74. The van der Waals surface area contributed by atoms with Crippen molar-refractivity contribution in [3.63, 3.8) is 0 Å². The maximum atomic E-state index is 12.1. The number of carbonyl (C=O) groups is 1. The third kappa shape index (κ3) is 3.26. The minimum Gasteiger partial charge on any atom is -0.347 e. The van der Waals surface area contributed by atoms with E-state index in [4.69, 9.17) is 0 Å². The summed E-state index contributed by atoms with van der Waals surface area (Å²) in [6, 6.07) is 2.26.